The molecule has 0 bridgehead atoms. The Morgan fingerprint density at radius 2 is 1.82 bits per heavy atom. The summed E-state index contributed by atoms with van der Waals surface area (Å²) in [5, 5.41) is 7.01. The molecule has 1 aromatic rings. The summed E-state index contributed by atoms with van der Waals surface area (Å²) in [5.74, 6) is 0.880. The largest absolute Gasteiger partial charge is 0.381 e. The summed E-state index contributed by atoms with van der Waals surface area (Å²) in [4.78, 5) is 9.13. The van der Waals surface area contributed by atoms with Crippen LogP contribution in [0.25, 0.3) is 0 Å². The third-order valence-corrected chi connectivity index (χ3v) is 6.06. The number of benzene rings is 1. The molecule has 6 nitrogen and oxygen atoms in total. The molecule has 158 valence electrons. The maximum atomic E-state index is 5.56. The molecule has 0 aliphatic carbocycles. The van der Waals surface area contributed by atoms with Crippen LogP contribution < -0.4 is 10.6 Å². The monoisotopic (exact) mass is 389 g/mol. The number of ether oxygens (including phenoxy) is 1. The summed E-state index contributed by atoms with van der Waals surface area (Å²) in [5.41, 5.74) is 1.49. The molecule has 1 unspecified atom stereocenters. The van der Waals surface area contributed by atoms with Crippen LogP contribution in [-0.2, 0) is 11.3 Å². The summed E-state index contributed by atoms with van der Waals surface area (Å²) in [6.07, 6.45) is 3.16. The van der Waals surface area contributed by atoms with Gasteiger partial charge in [0, 0.05) is 51.5 Å². The van der Waals surface area contributed by atoms with Crippen molar-refractivity contribution >= 4 is 5.96 Å². The minimum absolute atomic E-state index is 0.138. The minimum atomic E-state index is 0.138. The second-order valence-corrected chi connectivity index (χ2v) is 8.12. The van der Waals surface area contributed by atoms with Crippen molar-refractivity contribution in [1.29, 1.82) is 0 Å². The SMILES string of the molecule is CN=C(NCCC(C)N(C)Cc1ccccc1)NCC1(N(C)C)CCOCC1. The molecule has 0 saturated carbocycles. The third kappa shape index (κ3) is 6.76. The van der Waals surface area contributed by atoms with E-state index in [1.54, 1.807) is 0 Å². The van der Waals surface area contributed by atoms with Crippen LogP contribution in [0.15, 0.2) is 35.3 Å². The van der Waals surface area contributed by atoms with Gasteiger partial charge in [-0.25, -0.2) is 0 Å². The van der Waals surface area contributed by atoms with Gasteiger partial charge in [0.25, 0.3) is 0 Å². The Bertz CT molecular complexity index is 584. The molecule has 0 amide bonds. The lowest BCUT2D eigenvalue weighted by atomic mass is 9.88. The van der Waals surface area contributed by atoms with Gasteiger partial charge in [-0.05, 0) is 52.9 Å². The molecule has 0 spiro atoms. The minimum Gasteiger partial charge on any atom is -0.381 e. The third-order valence-electron chi connectivity index (χ3n) is 6.06. The summed E-state index contributed by atoms with van der Waals surface area (Å²) in [7, 11) is 8.35. The van der Waals surface area contributed by atoms with E-state index in [-0.39, 0.29) is 5.54 Å². The van der Waals surface area contributed by atoms with Crippen molar-refractivity contribution in [3.8, 4) is 0 Å². The molecule has 28 heavy (non-hydrogen) atoms. The summed E-state index contributed by atoms with van der Waals surface area (Å²) in [6.45, 7) is 6.70. The summed E-state index contributed by atoms with van der Waals surface area (Å²) in [6, 6.07) is 11.1. The van der Waals surface area contributed by atoms with Crippen LogP contribution in [0.3, 0.4) is 0 Å². The van der Waals surface area contributed by atoms with E-state index in [0.717, 1.165) is 58.1 Å². The van der Waals surface area contributed by atoms with Crippen LogP contribution in [0.5, 0.6) is 0 Å². The van der Waals surface area contributed by atoms with E-state index >= 15 is 0 Å². The molecular formula is C22H39N5O. The zero-order valence-corrected chi connectivity index (χ0v) is 18.4. The molecule has 0 aromatic heterocycles. The van der Waals surface area contributed by atoms with Crippen molar-refractivity contribution < 1.29 is 4.74 Å². The van der Waals surface area contributed by atoms with Crippen molar-refractivity contribution in [2.24, 2.45) is 4.99 Å². The van der Waals surface area contributed by atoms with Gasteiger partial charge in [-0.1, -0.05) is 30.3 Å². The maximum Gasteiger partial charge on any atom is 0.191 e. The Hall–Kier alpha value is -1.63. The molecule has 0 radical (unpaired) electrons. The van der Waals surface area contributed by atoms with E-state index in [1.807, 2.05) is 7.05 Å². The average molecular weight is 390 g/mol. The maximum absolute atomic E-state index is 5.56. The lowest BCUT2D eigenvalue weighted by molar-refractivity contribution is -0.00501. The van der Waals surface area contributed by atoms with Crippen LogP contribution in [0, 0.1) is 0 Å². The second-order valence-electron chi connectivity index (χ2n) is 8.12. The highest BCUT2D eigenvalue weighted by molar-refractivity contribution is 5.79. The number of aliphatic imine (C=N–C) groups is 1. The summed E-state index contributed by atoms with van der Waals surface area (Å²) < 4.78 is 5.56. The van der Waals surface area contributed by atoms with Gasteiger partial charge in [-0.2, -0.15) is 0 Å². The number of nitrogens with zero attached hydrogens (tertiary/aromatic N) is 3. The molecule has 6 heteroatoms. The molecule has 1 atom stereocenters. The lowest BCUT2D eigenvalue weighted by Crippen LogP contribution is -2.57. The highest BCUT2D eigenvalue weighted by Crippen LogP contribution is 2.24. The molecule has 2 N–H and O–H groups in total. The number of nitrogens with one attached hydrogen (secondary N) is 2. The normalized spacial score (nSPS) is 18.3. The van der Waals surface area contributed by atoms with E-state index in [1.165, 1.54) is 5.56 Å². The fourth-order valence-electron chi connectivity index (χ4n) is 3.65. The van der Waals surface area contributed by atoms with E-state index in [2.05, 4.69) is 83.8 Å². The zero-order chi connectivity index (χ0) is 20.4. The van der Waals surface area contributed by atoms with Gasteiger partial charge < -0.3 is 20.3 Å². The van der Waals surface area contributed by atoms with Gasteiger partial charge in [-0.3, -0.25) is 9.89 Å². The number of hydrogen-bond donors (Lipinski definition) is 2. The zero-order valence-electron chi connectivity index (χ0n) is 18.4. The first-order valence-electron chi connectivity index (χ1n) is 10.4. The lowest BCUT2D eigenvalue weighted by Gasteiger charge is -2.43. The first-order valence-corrected chi connectivity index (χ1v) is 10.4. The van der Waals surface area contributed by atoms with E-state index in [4.69, 9.17) is 4.74 Å². The Kier molecular flexibility index (Phi) is 9.22. The number of hydrogen-bond acceptors (Lipinski definition) is 4. The predicted octanol–water partition coefficient (Wildman–Crippen LogP) is 2.17. The van der Waals surface area contributed by atoms with Gasteiger partial charge in [0.15, 0.2) is 5.96 Å². The molecular weight excluding hydrogens is 350 g/mol. The fraction of sp³-hybridized carbons (Fsp3) is 0.682. The first kappa shape index (κ1) is 22.7. The van der Waals surface area contributed by atoms with Crippen LogP contribution in [0.4, 0.5) is 0 Å². The Morgan fingerprint density at radius 1 is 1.14 bits per heavy atom. The van der Waals surface area contributed by atoms with E-state index < -0.39 is 0 Å². The van der Waals surface area contributed by atoms with Crippen LogP contribution in [0.1, 0.15) is 31.7 Å². The van der Waals surface area contributed by atoms with Crippen molar-refractivity contribution in [2.75, 3.05) is 54.5 Å². The van der Waals surface area contributed by atoms with Crippen molar-refractivity contribution in [1.82, 2.24) is 20.4 Å². The van der Waals surface area contributed by atoms with Gasteiger partial charge in [0.2, 0.25) is 0 Å². The average Bonchev–Trinajstić information content (AvgIpc) is 2.71. The highest BCUT2D eigenvalue weighted by Gasteiger charge is 2.34. The van der Waals surface area contributed by atoms with Crippen LogP contribution >= 0.6 is 0 Å². The van der Waals surface area contributed by atoms with Crippen molar-refractivity contribution in [2.45, 2.75) is 44.3 Å². The Morgan fingerprint density at radius 3 is 2.43 bits per heavy atom. The Labute approximate surface area is 171 Å². The second kappa shape index (κ2) is 11.4. The smallest absolute Gasteiger partial charge is 0.191 e. The molecule has 1 heterocycles. The fourth-order valence-corrected chi connectivity index (χ4v) is 3.65. The molecule has 1 saturated heterocycles. The standard InChI is InChI=1S/C22H39N5O/c1-19(27(5)17-20-9-7-6-8-10-20)11-14-24-21(23-2)25-18-22(26(3)4)12-15-28-16-13-22/h6-10,19H,11-18H2,1-5H3,(H2,23,24,25). The molecule has 1 aliphatic rings. The van der Waals surface area contributed by atoms with Crippen molar-refractivity contribution in [3.05, 3.63) is 35.9 Å². The Balaban J connectivity index is 1.74. The first-order chi connectivity index (χ1) is 13.5. The molecule has 1 fully saturated rings. The highest BCUT2D eigenvalue weighted by atomic mass is 16.5. The van der Waals surface area contributed by atoms with Gasteiger partial charge in [0.1, 0.15) is 0 Å². The van der Waals surface area contributed by atoms with Crippen LogP contribution in [-0.4, -0.2) is 81.8 Å². The van der Waals surface area contributed by atoms with E-state index in [9.17, 15) is 0 Å². The van der Waals surface area contributed by atoms with Crippen molar-refractivity contribution in [3.63, 3.8) is 0 Å². The van der Waals surface area contributed by atoms with Gasteiger partial charge in [0.05, 0.1) is 0 Å². The quantitative estimate of drug-likeness (QED) is 0.501. The number of likely N-dealkylation sites (N-methyl/N-ethyl adjacent to an activating group) is 1. The number of rotatable bonds is 9. The topological polar surface area (TPSA) is 52.1 Å². The summed E-state index contributed by atoms with van der Waals surface area (Å²) >= 11 is 0. The van der Waals surface area contributed by atoms with Gasteiger partial charge in [-0.15, -0.1) is 0 Å². The van der Waals surface area contributed by atoms with Gasteiger partial charge >= 0.3 is 0 Å². The molecule has 2 rings (SSSR count). The molecule has 1 aliphatic heterocycles. The van der Waals surface area contributed by atoms with Crippen LogP contribution in [0.2, 0.25) is 0 Å². The predicted molar refractivity (Wildman–Crippen MR) is 118 cm³/mol. The molecule has 1 aromatic carbocycles. The van der Waals surface area contributed by atoms with E-state index in [0.29, 0.717) is 6.04 Å². The number of guanidine groups is 1.